The van der Waals surface area contributed by atoms with Gasteiger partial charge in [-0.25, -0.2) is 19.0 Å². The maximum atomic E-state index is 13.7. The third-order valence-corrected chi connectivity index (χ3v) is 5.76. The molecular weight excluding hydrogens is 395 g/mol. The summed E-state index contributed by atoms with van der Waals surface area (Å²) in [6.07, 6.45) is 4.81. The van der Waals surface area contributed by atoms with Gasteiger partial charge in [0, 0.05) is 43.4 Å². The smallest absolute Gasteiger partial charge is 0.220 e. The maximum absolute atomic E-state index is 13.7. The summed E-state index contributed by atoms with van der Waals surface area (Å²) in [7, 11) is 0. The van der Waals surface area contributed by atoms with Crippen LogP contribution in [0.15, 0.2) is 36.7 Å². The molecule has 8 heteroatoms. The van der Waals surface area contributed by atoms with Gasteiger partial charge in [0.05, 0.1) is 5.69 Å². The highest BCUT2D eigenvalue weighted by molar-refractivity contribution is 5.76. The fourth-order valence-corrected chi connectivity index (χ4v) is 3.99. The average Bonchev–Trinajstić information content (AvgIpc) is 3.41. The third-order valence-electron chi connectivity index (χ3n) is 5.76. The summed E-state index contributed by atoms with van der Waals surface area (Å²) in [5.74, 6) is 1.22. The second-order valence-electron chi connectivity index (χ2n) is 7.86. The lowest BCUT2D eigenvalue weighted by Gasteiger charge is -2.16. The number of hydrogen-bond acceptors (Lipinski definition) is 5. The molecule has 4 rings (SSSR count). The van der Waals surface area contributed by atoms with Crippen molar-refractivity contribution in [2.75, 3.05) is 18.0 Å². The third kappa shape index (κ3) is 4.73. The summed E-state index contributed by atoms with van der Waals surface area (Å²) < 4.78 is 15.5. The number of rotatable bonds is 7. The number of nitrogens with zero attached hydrogens (tertiary/aromatic N) is 5. The molecule has 2 aromatic heterocycles. The lowest BCUT2D eigenvalue weighted by Crippen LogP contribution is -2.23. The van der Waals surface area contributed by atoms with E-state index in [1.807, 2.05) is 24.6 Å². The number of carbonyl (C=O) groups excluding carboxylic acids is 1. The minimum atomic E-state index is -0.311. The molecule has 0 unspecified atom stereocenters. The second-order valence-corrected chi connectivity index (χ2v) is 7.86. The van der Waals surface area contributed by atoms with Gasteiger partial charge in [-0.15, -0.1) is 0 Å². The molecule has 31 heavy (non-hydrogen) atoms. The maximum Gasteiger partial charge on any atom is 0.220 e. The molecule has 0 radical (unpaired) electrons. The van der Waals surface area contributed by atoms with Crippen LogP contribution in [0.25, 0.3) is 5.82 Å². The van der Waals surface area contributed by atoms with E-state index in [9.17, 15) is 9.18 Å². The number of hydrogen-bond donors (Lipinski definition) is 1. The second kappa shape index (κ2) is 9.24. The average molecular weight is 423 g/mol. The van der Waals surface area contributed by atoms with E-state index in [2.05, 4.69) is 25.3 Å². The summed E-state index contributed by atoms with van der Waals surface area (Å²) in [6.45, 7) is 6.15. The van der Waals surface area contributed by atoms with Crippen molar-refractivity contribution in [3.8, 4) is 5.82 Å². The standard InChI is InChI=1S/C23H27FN6O/c1-16-19(9-10-23(31)25-14-18-7-3-4-8-20(18)24)17(2)30(28-16)22-13-21(26-15-27-22)29-11-5-6-12-29/h3-4,7-8,13,15H,5-6,9-12,14H2,1-2H3,(H,25,31). The van der Waals surface area contributed by atoms with Crippen molar-refractivity contribution in [3.63, 3.8) is 0 Å². The van der Waals surface area contributed by atoms with Crippen LogP contribution in [-0.2, 0) is 17.8 Å². The van der Waals surface area contributed by atoms with Crippen molar-refractivity contribution < 1.29 is 9.18 Å². The van der Waals surface area contributed by atoms with Gasteiger partial charge in [0.15, 0.2) is 5.82 Å². The van der Waals surface area contributed by atoms with Gasteiger partial charge < -0.3 is 10.2 Å². The van der Waals surface area contributed by atoms with Crippen molar-refractivity contribution in [1.82, 2.24) is 25.1 Å². The van der Waals surface area contributed by atoms with E-state index in [1.165, 1.54) is 18.9 Å². The first-order chi connectivity index (χ1) is 15.0. The highest BCUT2D eigenvalue weighted by Crippen LogP contribution is 2.22. The molecule has 1 N–H and O–H groups in total. The lowest BCUT2D eigenvalue weighted by atomic mass is 10.1. The monoisotopic (exact) mass is 422 g/mol. The molecule has 1 aliphatic rings. The molecular formula is C23H27FN6O. The van der Waals surface area contributed by atoms with Crippen LogP contribution < -0.4 is 10.2 Å². The van der Waals surface area contributed by atoms with Crippen LogP contribution in [0.1, 0.15) is 41.8 Å². The van der Waals surface area contributed by atoms with E-state index in [1.54, 1.807) is 24.5 Å². The van der Waals surface area contributed by atoms with Gasteiger partial charge in [-0.3, -0.25) is 4.79 Å². The van der Waals surface area contributed by atoms with Crippen LogP contribution in [0.2, 0.25) is 0 Å². The van der Waals surface area contributed by atoms with Crippen LogP contribution in [0.3, 0.4) is 0 Å². The number of anilines is 1. The Kier molecular flexibility index (Phi) is 6.25. The van der Waals surface area contributed by atoms with Gasteiger partial charge in [0.1, 0.15) is 18.0 Å². The predicted molar refractivity (Wildman–Crippen MR) is 117 cm³/mol. The largest absolute Gasteiger partial charge is 0.356 e. The minimum Gasteiger partial charge on any atom is -0.356 e. The molecule has 0 bridgehead atoms. The first-order valence-electron chi connectivity index (χ1n) is 10.7. The first-order valence-corrected chi connectivity index (χ1v) is 10.7. The Bertz CT molecular complexity index is 1070. The summed E-state index contributed by atoms with van der Waals surface area (Å²) in [5, 5.41) is 7.45. The lowest BCUT2D eigenvalue weighted by molar-refractivity contribution is -0.121. The Morgan fingerprint density at radius 1 is 1.13 bits per heavy atom. The van der Waals surface area contributed by atoms with Crippen molar-refractivity contribution in [2.45, 2.75) is 46.1 Å². The SMILES string of the molecule is Cc1nn(-c2cc(N3CCCC3)ncn2)c(C)c1CCC(=O)NCc1ccccc1F. The topological polar surface area (TPSA) is 75.9 Å². The number of carbonyl (C=O) groups is 1. The molecule has 1 aliphatic heterocycles. The van der Waals surface area contributed by atoms with Crippen molar-refractivity contribution in [1.29, 1.82) is 0 Å². The van der Waals surface area contributed by atoms with Crippen LogP contribution >= 0.6 is 0 Å². The molecule has 0 aliphatic carbocycles. The zero-order valence-corrected chi connectivity index (χ0v) is 17.9. The van der Waals surface area contributed by atoms with Gasteiger partial charge in [-0.1, -0.05) is 18.2 Å². The number of aromatic nitrogens is 4. The molecule has 1 aromatic carbocycles. The Morgan fingerprint density at radius 3 is 2.65 bits per heavy atom. The van der Waals surface area contributed by atoms with Crippen molar-refractivity contribution in [3.05, 3.63) is 65.0 Å². The summed E-state index contributed by atoms with van der Waals surface area (Å²) >= 11 is 0. The Labute approximate surface area is 181 Å². The van der Waals surface area contributed by atoms with Crippen molar-refractivity contribution >= 4 is 11.7 Å². The minimum absolute atomic E-state index is 0.117. The number of aryl methyl sites for hydroxylation is 1. The van der Waals surface area contributed by atoms with Crippen LogP contribution in [0.5, 0.6) is 0 Å². The van der Waals surface area contributed by atoms with Gasteiger partial charge in [-0.05, 0) is 44.7 Å². The number of halogens is 1. The Balaban J connectivity index is 1.42. The van der Waals surface area contributed by atoms with Crippen LogP contribution in [-0.4, -0.2) is 38.7 Å². The van der Waals surface area contributed by atoms with E-state index in [0.29, 0.717) is 18.4 Å². The molecule has 0 saturated carbocycles. The predicted octanol–water partition coefficient (Wildman–Crippen LogP) is 3.27. The van der Waals surface area contributed by atoms with E-state index in [-0.39, 0.29) is 18.3 Å². The van der Waals surface area contributed by atoms with Gasteiger partial charge in [0.25, 0.3) is 0 Å². The first kappa shape index (κ1) is 21.0. The van der Waals surface area contributed by atoms with Gasteiger partial charge in [-0.2, -0.15) is 5.10 Å². The summed E-state index contributed by atoms with van der Waals surface area (Å²) in [6, 6.07) is 8.43. The van der Waals surface area contributed by atoms with E-state index in [4.69, 9.17) is 0 Å². The molecule has 162 valence electrons. The molecule has 0 atom stereocenters. The van der Waals surface area contributed by atoms with Gasteiger partial charge >= 0.3 is 0 Å². The quantitative estimate of drug-likeness (QED) is 0.633. The summed E-state index contributed by atoms with van der Waals surface area (Å²) in [4.78, 5) is 23.4. The number of benzene rings is 1. The Morgan fingerprint density at radius 2 is 1.87 bits per heavy atom. The molecule has 3 aromatic rings. The van der Waals surface area contributed by atoms with E-state index in [0.717, 1.165) is 41.7 Å². The van der Waals surface area contributed by atoms with Gasteiger partial charge in [0.2, 0.25) is 5.91 Å². The fraction of sp³-hybridized carbons (Fsp3) is 0.391. The zero-order chi connectivity index (χ0) is 21.8. The number of nitrogens with one attached hydrogen (secondary N) is 1. The zero-order valence-electron chi connectivity index (χ0n) is 17.9. The van der Waals surface area contributed by atoms with Crippen molar-refractivity contribution in [2.24, 2.45) is 0 Å². The highest BCUT2D eigenvalue weighted by Gasteiger charge is 2.18. The highest BCUT2D eigenvalue weighted by atomic mass is 19.1. The van der Waals surface area contributed by atoms with E-state index >= 15 is 0 Å². The molecule has 1 fully saturated rings. The van der Waals surface area contributed by atoms with Crippen LogP contribution in [0.4, 0.5) is 10.2 Å². The fourth-order valence-electron chi connectivity index (χ4n) is 3.99. The summed E-state index contributed by atoms with van der Waals surface area (Å²) in [5.41, 5.74) is 3.35. The number of amides is 1. The molecule has 1 saturated heterocycles. The van der Waals surface area contributed by atoms with E-state index < -0.39 is 0 Å². The normalized spacial score (nSPS) is 13.6. The molecule has 3 heterocycles. The Hall–Kier alpha value is -3.29. The molecule has 0 spiro atoms. The van der Waals surface area contributed by atoms with Crippen LogP contribution in [0, 0.1) is 19.7 Å². The molecule has 7 nitrogen and oxygen atoms in total. The molecule has 1 amide bonds.